The van der Waals surface area contributed by atoms with Gasteiger partial charge >= 0.3 is 6.18 Å². The van der Waals surface area contributed by atoms with Crippen molar-refractivity contribution in [3.63, 3.8) is 0 Å². The van der Waals surface area contributed by atoms with Crippen LogP contribution in [0.3, 0.4) is 0 Å². The topological polar surface area (TPSA) is 50.9 Å². The predicted molar refractivity (Wildman–Crippen MR) is 108 cm³/mol. The lowest BCUT2D eigenvalue weighted by atomic mass is 10.1. The standard InChI is InChI=1S/C22H21F3N4O/c23-22(24,25)17-8-9-20(26-14-17)29-12-10-28(11-13-29)15-21(30)27-19-7-3-5-16-4-1-2-6-18(16)19/h1-9,14H,10-13,15H2,(H,27,30)/p+2. The minimum atomic E-state index is -4.35. The molecule has 8 heteroatoms. The van der Waals surface area contributed by atoms with E-state index in [1.165, 1.54) is 6.07 Å². The highest BCUT2D eigenvalue weighted by Crippen LogP contribution is 2.28. The molecule has 156 valence electrons. The van der Waals surface area contributed by atoms with Gasteiger partial charge in [0.1, 0.15) is 32.4 Å². The van der Waals surface area contributed by atoms with Crippen molar-refractivity contribution < 1.29 is 27.8 Å². The molecule has 2 aromatic carbocycles. The van der Waals surface area contributed by atoms with E-state index >= 15 is 0 Å². The fraction of sp³-hybridized carbons (Fsp3) is 0.273. The summed E-state index contributed by atoms with van der Waals surface area (Å²) in [6.07, 6.45) is -3.36. The number of nitrogens with zero attached hydrogens (tertiary/aromatic N) is 1. The third kappa shape index (κ3) is 4.54. The van der Waals surface area contributed by atoms with Gasteiger partial charge in [-0.1, -0.05) is 36.4 Å². The first-order valence-corrected chi connectivity index (χ1v) is 9.85. The van der Waals surface area contributed by atoms with Crippen LogP contribution >= 0.6 is 0 Å². The molecule has 0 radical (unpaired) electrons. The van der Waals surface area contributed by atoms with E-state index in [1.807, 2.05) is 47.4 Å². The zero-order chi connectivity index (χ0) is 21.1. The van der Waals surface area contributed by atoms with Crippen molar-refractivity contribution in [2.45, 2.75) is 6.18 Å². The Kier molecular flexibility index (Phi) is 5.59. The SMILES string of the molecule is O=C(C[NH+]1CCN(c2ccc(C(F)(F)F)c[nH+]2)CC1)Nc1cccc2ccccc12. The summed E-state index contributed by atoms with van der Waals surface area (Å²) in [7, 11) is 0. The number of aromatic amines is 1. The maximum Gasteiger partial charge on any atom is 0.419 e. The van der Waals surface area contributed by atoms with Crippen molar-refractivity contribution >= 4 is 28.2 Å². The second-order valence-electron chi connectivity index (χ2n) is 7.45. The Labute approximate surface area is 172 Å². The summed E-state index contributed by atoms with van der Waals surface area (Å²) in [4.78, 5) is 18.4. The molecule has 0 atom stereocenters. The fourth-order valence-corrected chi connectivity index (χ4v) is 3.79. The highest BCUT2D eigenvalue weighted by Gasteiger charge is 2.33. The van der Waals surface area contributed by atoms with Gasteiger partial charge in [0.2, 0.25) is 0 Å². The smallest absolute Gasteiger partial charge is 0.321 e. The Morgan fingerprint density at radius 3 is 2.47 bits per heavy atom. The molecule has 0 aliphatic carbocycles. The van der Waals surface area contributed by atoms with Gasteiger partial charge in [0, 0.05) is 17.1 Å². The van der Waals surface area contributed by atoms with Gasteiger partial charge in [0.15, 0.2) is 6.54 Å². The van der Waals surface area contributed by atoms with Gasteiger partial charge in [0.25, 0.3) is 11.7 Å². The van der Waals surface area contributed by atoms with E-state index in [4.69, 9.17) is 0 Å². The molecule has 0 saturated carbocycles. The number of alkyl halides is 3. The fourth-order valence-electron chi connectivity index (χ4n) is 3.79. The van der Waals surface area contributed by atoms with E-state index in [2.05, 4.69) is 10.3 Å². The Balaban J connectivity index is 1.32. The minimum absolute atomic E-state index is 0.0455. The van der Waals surface area contributed by atoms with Gasteiger partial charge < -0.3 is 10.2 Å². The number of halogens is 3. The van der Waals surface area contributed by atoms with E-state index in [-0.39, 0.29) is 5.91 Å². The predicted octanol–water partition coefficient (Wildman–Crippen LogP) is 2.02. The number of fused-ring (bicyclic) bond motifs is 1. The van der Waals surface area contributed by atoms with Crippen LogP contribution in [-0.2, 0) is 11.0 Å². The Hall–Kier alpha value is -3.13. The molecule has 0 spiro atoms. The van der Waals surface area contributed by atoms with Gasteiger partial charge in [-0.15, -0.1) is 0 Å². The second-order valence-corrected chi connectivity index (χ2v) is 7.45. The number of carbonyl (C=O) groups excluding carboxylic acids is 1. The van der Waals surface area contributed by atoms with E-state index < -0.39 is 11.7 Å². The highest BCUT2D eigenvalue weighted by atomic mass is 19.4. The Morgan fingerprint density at radius 2 is 1.77 bits per heavy atom. The molecule has 4 rings (SSSR count). The second kappa shape index (κ2) is 8.31. The molecule has 1 saturated heterocycles. The number of amides is 1. The number of carbonyl (C=O) groups is 1. The normalized spacial score (nSPS) is 15.4. The van der Waals surface area contributed by atoms with E-state index in [1.54, 1.807) is 0 Å². The molecule has 0 bridgehead atoms. The number of pyridine rings is 1. The monoisotopic (exact) mass is 416 g/mol. The first kappa shape index (κ1) is 20.2. The van der Waals surface area contributed by atoms with Crippen LogP contribution in [0.5, 0.6) is 0 Å². The molecule has 30 heavy (non-hydrogen) atoms. The zero-order valence-electron chi connectivity index (χ0n) is 16.3. The Morgan fingerprint density at radius 1 is 1.03 bits per heavy atom. The lowest BCUT2D eigenvalue weighted by Crippen LogP contribution is -3.15. The largest absolute Gasteiger partial charge is 0.419 e. The first-order chi connectivity index (χ1) is 14.4. The third-order valence-corrected chi connectivity index (χ3v) is 5.41. The summed E-state index contributed by atoms with van der Waals surface area (Å²) in [6, 6.07) is 16.3. The molecule has 1 aliphatic heterocycles. The van der Waals surface area contributed by atoms with Gasteiger partial charge in [-0.05, 0) is 17.5 Å². The molecule has 1 amide bonds. The third-order valence-electron chi connectivity index (χ3n) is 5.41. The van der Waals surface area contributed by atoms with Crippen LogP contribution in [0.25, 0.3) is 10.8 Å². The van der Waals surface area contributed by atoms with Crippen LogP contribution < -0.4 is 20.1 Å². The van der Waals surface area contributed by atoms with Crippen LogP contribution in [0.15, 0.2) is 60.8 Å². The quantitative estimate of drug-likeness (QED) is 0.684. The molecule has 0 unspecified atom stereocenters. The molecule has 2 heterocycles. The van der Waals surface area contributed by atoms with E-state index in [9.17, 15) is 18.0 Å². The average molecular weight is 416 g/mol. The molecule has 3 N–H and O–H groups in total. The average Bonchev–Trinajstić information content (AvgIpc) is 2.74. The summed E-state index contributed by atoms with van der Waals surface area (Å²) in [5.41, 5.74) is 0.108. The summed E-state index contributed by atoms with van der Waals surface area (Å²) < 4.78 is 38.1. The summed E-state index contributed by atoms with van der Waals surface area (Å²) >= 11 is 0. The number of quaternary nitrogens is 1. The van der Waals surface area contributed by atoms with Crippen molar-refractivity contribution in [1.82, 2.24) is 0 Å². The minimum Gasteiger partial charge on any atom is -0.321 e. The molecule has 5 nitrogen and oxygen atoms in total. The lowest BCUT2D eigenvalue weighted by Gasteiger charge is -2.28. The Bertz CT molecular complexity index is 1020. The number of anilines is 2. The lowest BCUT2D eigenvalue weighted by molar-refractivity contribution is -0.892. The van der Waals surface area contributed by atoms with Gasteiger partial charge in [-0.2, -0.15) is 13.2 Å². The van der Waals surface area contributed by atoms with Gasteiger partial charge in [-0.3, -0.25) is 9.69 Å². The number of rotatable bonds is 4. The number of piperazine rings is 1. The van der Waals surface area contributed by atoms with Crippen molar-refractivity contribution in [3.8, 4) is 0 Å². The summed E-state index contributed by atoms with van der Waals surface area (Å²) in [5, 5.41) is 5.09. The molecule has 3 aromatic rings. The van der Waals surface area contributed by atoms with Crippen molar-refractivity contribution in [2.24, 2.45) is 0 Å². The molecular weight excluding hydrogens is 393 g/mol. The van der Waals surface area contributed by atoms with Crippen LogP contribution in [0.4, 0.5) is 24.7 Å². The number of hydrogen-bond acceptors (Lipinski definition) is 2. The molecular formula is C22H23F3N4O+2. The maximum atomic E-state index is 12.7. The number of aromatic nitrogens is 1. The summed E-state index contributed by atoms with van der Waals surface area (Å²) in [5.74, 6) is 0.609. The number of hydrogen-bond donors (Lipinski definition) is 2. The van der Waals surface area contributed by atoms with E-state index in [0.29, 0.717) is 25.5 Å². The number of H-pyrrole nitrogens is 1. The first-order valence-electron chi connectivity index (χ1n) is 9.85. The molecule has 1 fully saturated rings. The van der Waals surface area contributed by atoms with Crippen LogP contribution in [0, 0.1) is 0 Å². The zero-order valence-corrected chi connectivity index (χ0v) is 16.3. The number of nitrogens with one attached hydrogen (secondary N) is 3. The van der Waals surface area contributed by atoms with E-state index in [0.717, 1.165) is 46.7 Å². The van der Waals surface area contributed by atoms with Crippen molar-refractivity contribution in [2.75, 3.05) is 42.9 Å². The van der Waals surface area contributed by atoms with Gasteiger partial charge in [-0.25, -0.2) is 4.98 Å². The number of benzene rings is 2. The van der Waals surface area contributed by atoms with Crippen LogP contribution in [0.1, 0.15) is 5.56 Å². The molecule has 1 aromatic heterocycles. The summed E-state index contributed by atoms with van der Waals surface area (Å²) in [6.45, 7) is 3.15. The molecule has 1 aliphatic rings. The van der Waals surface area contributed by atoms with Crippen LogP contribution in [0.2, 0.25) is 0 Å². The highest BCUT2D eigenvalue weighted by molar-refractivity contribution is 6.02. The van der Waals surface area contributed by atoms with Crippen molar-refractivity contribution in [3.05, 3.63) is 66.4 Å². The van der Waals surface area contributed by atoms with Crippen LogP contribution in [-0.4, -0.2) is 38.6 Å². The maximum absolute atomic E-state index is 12.7. The van der Waals surface area contributed by atoms with Gasteiger partial charge in [0.05, 0.1) is 5.56 Å². The van der Waals surface area contributed by atoms with Crippen molar-refractivity contribution in [1.29, 1.82) is 0 Å².